The zero-order valence-corrected chi connectivity index (χ0v) is 11.2. The summed E-state index contributed by atoms with van der Waals surface area (Å²) in [6.45, 7) is 0.596. The number of hydrogen-bond acceptors (Lipinski definition) is 5. The van der Waals surface area contributed by atoms with Crippen LogP contribution in [0.15, 0.2) is 11.4 Å². The molecule has 1 atom stereocenters. The largest absolute Gasteiger partial charge is 0.496 e. The Hall–Kier alpha value is -1.56. The molecule has 0 N–H and O–H groups in total. The quantitative estimate of drug-likeness (QED) is 0.781. The smallest absolute Gasteiger partial charge is 0.328 e. The van der Waals surface area contributed by atoms with Gasteiger partial charge in [0.1, 0.15) is 11.8 Å². The lowest BCUT2D eigenvalue weighted by Gasteiger charge is -2.21. The number of amides is 1. The lowest BCUT2D eigenvalue weighted by molar-refractivity contribution is -0.145. The molecule has 1 amide bonds. The number of methoxy groups -OCH3 is 2. The van der Waals surface area contributed by atoms with Crippen LogP contribution in [0.3, 0.4) is 0 Å². The van der Waals surface area contributed by atoms with E-state index in [2.05, 4.69) is 0 Å². The Kier molecular flexibility index (Phi) is 3.86. The average Bonchev–Trinajstić information content (AvgIpc) is 3.05. The van der Waals surface area contributed by atoms with Gasteiger partial charge in [0.15, 0.2) is 0 Å². The van der Waals surface area contributed by atoms with Crippen molar-refractivity contribution in [2.45, 2.75) is 18.9 Å². The number of nitrogens with zero attached hydrogens (tertiary/aromatic N) is 1. The van der Waals surface area contributed by atoms with E-state index < -0.39 is 6.04 Å². The predicted octanol–water partition coefficient (Wildman–Crippen LogP) is 1.53. The molecule has 0 spiro atoms. The van der Waals surface area contributed by atoms with E-state index in [-0.39, 0.29) is 11.9 Å². The zero-order chi connectivity index (χ0) is 13.1. The molecule has 0 radical (unpaired) electrons. The molecule has 0 aliphatic carbocycles. The van der Waals surface area contributed by atoms with Gasteiger partial charge in [-0.15, -0.1) is 11.3 Å². The van der Waals surface area contributed by atoms with E-state index in [1.165, 1.54) is 18.4 Å². The highest BCUT2D eigenvalue weighted by molar-refractivity contribution is 7.12. The molecule has 5 nitrogen and oxygen atoms in total. The first-order valence-corrected chi connectivity index (χ1v) is 6.56. The maximum Gasteiger partial charge on any atom is 0.328 e. The van der Waals surface area contributed by atoms with Crippen LogP contribution in [0.2, 0.25) is 0 Å². The Morgan fingerprint density at radius 3 is 2.83 bits per heavy atom. The summed E-state index contributed by atoms with van der Waals surface area (Å²) in [6.07, 6.45) is 1.49. The molecular formula is C12H15NO4S. The molecule has 1 aromatic rings. The van der Waals surface area contributed by atoms with Gasteiger partial charge in [-0.25, -0.2) is 4.79 Å². The second-order valence-electron chi connectivity index (χ2n) is 4.03. The van der Waals surface area contributed by atoms with E-state index in [1.807, 2.05) is 0 Å². The number of ether oxygens (including phenoxy) is 2. The fraction of sp³-hybridized carbons (Fsp3) is 0.500. The highest BCUT2D eigenvalue weighted by Gasteiger charge is 2.35. The summed E-state index contributed by atoms with van der Waals surface area (Å²) in [4.78, 5) is 26.0. The second-order valence-corrected chi connectivity index (χ2v) is 4.94. The van der Waals surface area contributed by atoms with Crippen LogP contribution < -0.4 is 4.74 Å². The van der Waals surface area contributed by atoms with Crippen LogP contribution in [0.1, 0.15) is 22.5 Å². The molecule has 98 valence electrons. The van der Waals surface area contributed by atoms with Gasteiger partial charge in [-0.05, 0) is 12.8 Å². The van der Waals surface area contributed by atoms with Crippen molar-refractivity contribution in [1.29, 1.82) is 0 Å². The second kappa shape index (κ2) is 5.39. The fourth-order valence-electron chi connectivity index (χ4n) is 2.07. The summed E-state index contributed by atoms with van der Waals surface area (Å²) in [6, 6.07) is 1.25. The summed E-state index contributed by atoms with van der Waals surface area (Å²) < 4.78 is 9.77. The maximum absolute atomic E-state index is 12.3. The first-order chi connectivity index (χ1) is 8.67. The third kappa shape index (κ3) is 2.33. The van der Waals surface area contributed by atoms with Crippen LogP contribution in [0.5, 0.6) is 5.75 Å². The lowest BCUT2D eigenvalue weighted by Crippen LogP contribution is -2.40. The number of hydrogen-bond donors (Lipinski definition) is 0. The van der Waals surface area contributed by atoms with Crippen LogP contribution in [0.25, 0.3) is 0 Å². The Balaban J connectivity index is 2.15. The third-order valence-electron chi connectivity index (χ3n) is 3.01. The number of esters is 1. The monoisotopic (exact) mass is 269 g/mol. The van der Waals surface area contributed by atoms with Crippen LogP contribution in [0, 0.1) is 0 Å². The van der Waals surface area contributed by atoms with Gasteiger partial charge in [-0.3, -0.25) is 4.79 Å². The standard InChI is InChI=1S/C12H15NO4S/c1-16-8-6-10(18-7-8)11(14)13-5-3-4-9(13)12(15)17-2/h6-7,9H,3-5H2,1-2H3. The van der Waals surface area contributed by atoms with Crippen molar-refractivity contribution >= 4 is 23.2 Å². The van der Waals surface area contributed by atoms with Crippen molar-refractivity contribution in [3.8, 4) is 5.75 Å². The molecule has 2 rings (SSSR count). The SMILES string of the molecule is COC(=O)C1CCCN1C(=O)c1cc(OC)cs1. The molecule has 18 heavy (non-hydrogen) atoms. The highest BCUT2D eigenvalue weighted by Crippen LogP contribution is 2.26. The summed E-state index contributed by atoms with van der Waals surface area (Å²) in [7, 11) is 2.90. The van der Waals surface area contributed by atoms with E-state index in [0.717, 1.165) is 6.42 Å². The highest BCUT2D eigenvalue weighted by atomic mass is 32.1. The summed E-state index contributed by atoms with van der Waals surface area (Å²) >= 11 is 1.32. The molecule has 1 unspecified atom stereocenters. The maximum atomic E-state index is 12.3. The Labute approximate surface area is 109 Å². The van der Waals surface area contributed by atoms with Crippen LogP contribution in [0.4, 0.5) is 0 Å². The Morgan fingerprint density at radius 1 is 1.44 bits per heavy atom. The molecule has 0 aromatic carbocycles. The normalized spacial score (nSPS) is 18.8. The fourth-order valence-corrected chi connectivity index (χ4v) is 2.88. The van der Waals surface area contributed by atoms with E-state index in [0.29, 0.717) is 23.6 Å². The predicted molar refractivity (Wildman–Crippen MR) is 66.9 cm³/mol. The lowest BCUT2D eigenvalue weighted by atomic mass is 10.2. The Bertz CT molecular complexity index is 457. The number of carbonyl (C=O) groups excluding carboxylic acids is 2. The van der Waals surface area contributed by atoms with Gasteiger partial charge in [0.2, 0.25) is 0 Å². The minimum atomic E-state index is -0.449. The van der Waals surface area contributed by atoms with Crippen molar-refractivity contribution in [1.82, 2.24) is 4.90 Å². The van der Waals surface area contributed by atoms with Gasteiger partial charge < -0.3 is 14.4 Å². The van der Waals surface area contributed by atoms with Gasteiger partial charge in [0.05, 0.1) is 19.1 Å². The average molecular weight is 269 g/mol. The van der Waals surface area contributed by atoms with E-state index in [4.69, 9.17) is 9.47 Å². The molecule has 1 fully saturated rings. The minimum Gasteiger partial charge on any atom is -0.496 e. The van der Waals surface area contributed by atoms with E-state index >= 15 is 0 Å². The number of thiophene rings is 1. The summed E-state index contributed by atoms with van der Waals surface area (Å²) in [5.74, 6) is 0.192. The molecule has 0 bridgehead atoms. The van der Waals surface area contributed by atoms with Gasteiger partial charge in [0, 0.05) is 18.0 Å². The summed E-state index contributed by atoms with van der Waals surface area (Å²) in [5, 5.41) is 1.77. The molecule has 1 saturated heterocycles. The van der Waals surface area contributed by atoms with Gasteiger partial charge in [-0.2, -0.15) is 0 Å². The van der Waals surface area contributed by atoms with Gasteiger partial charge >= 0.3 is 5.97 Å². The van der Waals surface area contributed by atoms with Crippen molar-refractivity contribution in [2.24, 2.45) is 0 Å². The van der Waals surface area contributed by atoms with Crippen LogP contribution >= 0.6 is 11.3 Å². The molecule has 1 aliphatic heterocycles. The zero-order valence-electron chi connectivity index (χ0n) is 10.3. The molecule has 1 aromatic heterocycles. The molecule has 6 heteroatoms. The van der Waals surface area contributed by atoms with Gasteiger partial charge in [0.25, 0.3) is 5.91 Å². The van der Waals surface area contributed by atoms with E-state index in [9.17, 15) is 9.59 Å². The van der Waals surface area contributed by atoms with Gasteiger partial charge in [-0.1, -0.05) is 0 Å². The van der Waals surface area contributed by atoms with Crippen LogP contribution in [-0.4, -0.2) is 43.6 Å². The minimum absolute atomic E-state index is 0.129. The van der Waals surface area contributed by atoms with Crippen molar-refractivity contribution in [3.63, 3.8) is 0 Å². The number of carbonyl (C=O) groups is 2. The number of likely N-dealkylation sites (tertiary alicyclic amines) is 1. The number of rotatable bonds is 3. The van der Waals surface area contributed by atoms with Crippen molar-refractivity contribution in [3.05, 3.63) is 16.3 Å². The molecule has 0 saturated carbocycles. The van der Waals surface area contributed by atoms with Crippen LogP contribution in [-0.2, 0) is 9.53 Å². The summed E-state index contributed by atoms with van der Waals surface area (Å²) in [5.41, 5.74) is 0. The molecule has 2 heterocycles. The van der Waals surface area contributed by atoms with Crippen molar-refractivity contribution < 1.29 is 19.1 Å². The molecular weight excluding hydrogens is 254 g/mol. The van der Waals surface area contributed by atoms with Crippen molar-refractivity contribution in [2.75, 3.05) is 20.8 Å². The first-order valence-electron chi connectivity index (χ1n) is 5.68. The topological polar surface area (TPSA) is 55.8 Å². The molecule has 1 aliphatic rings. The first kappa shape index (κ1) is 12.9. The van der Waals surface area contributed by atoms with E-state index in [1.54, 1.807) is 23.5 Å². The Morgan fingerprint density at radius 2 is 2.22 bits per heavy atom. The third-order valence-corrected chi connectivity index (χ3v) is 3.91.